The molecule has 1 heterocycles. The van der Waals surface area contributed by atoms with Crippen molar-refractivity contribution in [2.45, 2.75) is 32.5 Å². The number of nitrogens with zero attached hydrogens (tertiary/aromatic N) is 1. The lowest BCUT2D eigenvalue weighted by Crippen LogP contribution is -2.46. The van der Waals surface area contributed by atoms with Gasteiger partial charge in [-0.05, 0) is 31.9 Å². The van der Waals surface area contributed by atoms with Crippen molar-refractivity contribution in [3.63, 3.8) is 0 Å². The number of fused-ring (bicyclic) bond motifs is 1. The molecule has 0 saturated carbocycles. The molecule has 0 spiro atoms. The molecule has 1 aliphatic rings. The Kier molecular flexibility index (Phi) is 3.39. The summed E-state index contributed by atoms with van der Waals surface area (Å²) in [7, 11) is 0. The smallest absolute Gasteiger partial charge is 0.297 e. The van der Waals surface area contributed by atoms with E-state index in [1.807, 2.05) is 0 Å². The molecule has 0 fully saturated rings. The van der Waals surface area contributed by atoms with Crippen molar-refractivity contribution < 1.29 is 18.0 Å². The van der Waals surface area contributed by atoms with Crippen molar-refractivity contribution in [1.82, 2.24) is 0 Å². The minimum atomic E-state index is -4.86. The molecular weight excluding hydrogens is 255 g/mol. The zero-order chi connectivity index (χ0) is 14.2. The molecule has 0 aliphatic carbocycles. The van der Waals surface area contributed by atoms with Gasteiger partial charge in [-0.15, -0.1) is 0 Å². The van der Waals surface area contributed by atoms with Gasteiger partial charge in [0, 0.05) is 5.69 Å². The molecule has 5 heteroatoms. The Morgan fingerprint density at radius 2 is 2.00 bits per heavy atom. The third kappa shape index (κ3) is 2.37. The van der Waals surface area contributed by atoms with Crippen LogP contribution in [0.5, 0.6) is 0 Å². The van der Waals surface area contributed by atoms with E-state index in [2.05, 4.69) is 0 Å². The maximum atomic E-state index is 12.7. The average molecular weight is 269 g/mol. The summed E-state index contributed by atoms with van der Waals surface area (Å²) in [6, 6.07) is 6.18. The summed E-state index contributed by atoms with van der Waals surface area (Å²) in [5, 5.41) is 0. The van der Waals surface area contributed by atoms with Crippen molar-refractivity contribution >= 4 is 11.6 Å². The molecule has 1 aromatic rings. The number of rotatable bonds is 1. The van der Waals surface area contributed by atoms with Gasteiger partial charge < -0.3 is 0 Å². The standard InChI is InChI=1S/C14H14F3NO/c1-3-9(2)12-8-10-6-4-5-7-11(10)18(12)13(19)14(15,16)17/h3-7,12H,8H2,1-2H3/b9-3+. The van der Waals surface area contributed by atoms with Gasteiger partial charge in [0.25, 0.3) is 0 Å². The normalized spacial score (nSPS) is 19.5. The van der Waals surface area contributed by atoms with E-state index >= 15 is 0 Å². The Morgan fingerprint density at radius 3 is 2.58 bits per heavy atom. The molecule has 1 aromatic carbocycles. The van der Waals surface area contributed by atoms with E-state index in [0.29, 0.717) is 12.1 Å². The van der Waals surface area contributed by atoms with Crippen LogP contribution in [0.1, 0.15) is 19.4 Å². The summed E-state index contributed by atoms with van der Waals surface area (Å²) in [5.41, 5.74) is 1.89. The summed E-state index contributed by atoms with van der Waals surface area (Å²) in [6.45, 7) is 3.50. The topological polar surface area (TPSA) is 20.3 Å². The predicted octanol–water partition coefficient (Wildman–Crippen LogP) is 3.47. The summed E-state index contributed by atoms with van der Waals surface area (Å²) < 4.78 is 38.2. The monoisotopic (exact) mass is 269 g/mol. The number of carbonyl (C=O) groups is 1. The first kappa shape index (κ1) is 13.6. The van der Waals surface area contributed by atoms with Crippen LogP contribution in [0, 0.1) is 0 Å². The van der Waals surface area contributed by atoms with Gasteiger partial charge in [0.1, 0.15) is 0 Å². The number of hydrogen-bond acceptors (Lipinski definition) is 1. The first-order chi connectivity index (χ1) is 8.86. The first-order valence-electron chi connectivity index (χ1n) is 5.97. The molecule has 19 heavy (non-hydrogen) atoms. The maximum Gasteiger partial charge on any atom is 0.471 e. The Morgan fingerprint density at radius 1 is 1.37 bits per heavy atom. The van der Waals surface area contributed by atoms with E-state index in [1.165, 1.54) is 0 Å². The highest BCUT2D eigenvalue weighted by Gasteiger charge is 2.48. The number of carbonyl (C=O) groups excluding carboxylic acids is 1. The van der Waals surface area contributed by atoms with E-state index in [4.69, 9.17) is 0 Å². The second-order valence-electron chi connectivity index (χ2n) is 4.55. The quantitative estimate of drug-likeness (QED) is 0.715. The molecule has 0 radical (unpaired) electrons. The molecular formula is C14H14F3NO. The fraction of sp³-hybridized carbons (Fsp3) is 0.357. The van der Waals surface area contributed by atoms with Crippen LogP contribution in [0.3, 0.4) is 0 Å². The summed E-state index contributed by atoms with van der Waals surface area (Å²) >= 11 is 0. The van der Waals surface area contributed by atoms with Crippen LogP contribution in [0.25, 0.3) is 0 Å². The van der Waals surface area contributed by atoms with Gasteiger partial charge in [-0.25, -0.2) is 0 Å². The molecule has 1 atom stereocenters. The summed E-state index contributed by atoms with van der Waals surface area (Å²) in [4.78, 5) is 12.5. The van der Waals surface area contributed by atoms with Gasteiger partial charge in [-0.2, -0.15) is 13.2 Å². The number of alkyl halides is 3. The highest BCUT2D eigenvalue weighted by Crippen LogP contribution is 2.37. The van der Waals surface area contributed by atoms with Crippen LogP contribution in [-0.2, 0) is 11.2 Å². The van der Waals surface area contributed by atoms with Crippen molar-refractivity contribution in [2.75, 3.05) is 4.90 Å². The molecule has 0 saturated heterocycles. The lowest BCUT2D eigenvalue weighted by Gasteiger charge is -2.27. The minimum absolute atomic E-state index is 0.357. The van der Waals surface area contributed by atoms with Crippen molar-refractivity contribution in [3.8, 4) is 0 Å². The zero-order valence-corrected chi connectivity index (χ0v) is 10.7. The van der Waals surface area contributed by atoms with E-state index in [9.17, 15) is 18.0 Å². The van der Waals surface area contributed by atoms with Gasteiger partial charge in [0.05, 0.1) is 6.04 Å². The van der Waals surface area contributed by atoms with Gasteiger partial charge in [0.15, 0.2) is 0 Å². The molecule has 1 amide bonds. The van der Waals surface area contributed by atoms with Crippen LogP contribution >= 0.6 is 0 Å². The Hall–Kier alpha value is -1.78. The number of anilines is 1. The lowest BCUT2D eigenvalue weighted by atomic mass is 10.0. The van der Waals surface area contributed by atoms with E-state index in [-0.39, 0.29) is 0 Å². The van der Waals surface area contributed by atoms with Crippen molar-refractivity contribution in [3.05, 3.63) is 41.5 Å². The number of benzene rings is 1. The maximum absolute atomic E-state index is 12.7. The molecule has 102 valence electrons. The largest absolute Gasteiger partial charge is 0.471 e. The highest BCUT2D eigenvalue weighted by atomic mass is 19.4. The van der Waals surface area contributed by atoms with Gasteiger partial charge >= 0.3 is 12.1 Å². The Labute approximate surface area is 109 Å². The second kappa shape index (κ2) is 4.72. The Balaban J connectivity index is 2.48. The lowest BCUT2D eigenvalue weighted by molar-refractivity contribution is -0.170. The van der Waals surface area contributed by atoms with Gasteiger partial charge in [-0.1, -0.05) is 29.8 Å². The average Bonchev–Trinajstić information content (AvgIpc) is 2.74. The summed E-state index contributed by atoms with van der Waals surface area (Å²) in [5.74, 6) is -1.80. The number of para-hydroxylation sites is 1. The van der Waals surface area contributed by atoms with E-state index in [1.54, 1.807) is 44.2 Å². The molecule has 0 bridgehead atoms. The fourth-order valence-corrected chi connectivity index (χ4v) is 2.33. The zero-order valence-electron chi connectivity index (χ0n) is 10.7. The second-order valence-corrected chi connectivity index (χ2v) is 4.55. The first-order valence-corrected chi connectivity index (χ1v) is 5.97. The highest BCUT2D eigenvalue weighted by molar-refractivity contribution is 6.00. The minimum Gasteiger partial charge on any atom is -0.297 e. The predicted molar refractivity (Wildman–Crippen MR) is 66.9 cm³/mol. The molecule has 1 aliphatic heterocycles. The molecule has 1 unspecified atom stereocenters. The molecule has 2 nitrogen and oxygen atoms in total. The fourth-order valence-electron chi connectivity index (χ4n) is 2.33. The van der Waals surface area contributed by atoms with E-state index in [0.717, 1.165) is 16.0 Å². The Bertz CT molecular complexity index is 534. The number of allylic oxidation sites excluding steroid dienone is 1. The SMILES string of the molecule is C/C=C(\C)C1Cc2ccccc2N1C(=O)C(F)(F)F. The number of amides is 1. The van der Waals surface area contributed by atoms with Crippen LogP contribution in [0.4, 0.5) is 18.9 Å². The van der Waals surface area contributed by atoms with Crippen LogP contribution in [0.15, 0.2) is 35.9 Å². The van der Waals surface area contributed by atoms with Crippen molar-refractivity contribution in [2.24, 2.45) is 0 Å². The van der Waals surface area contributed by atoms with Crippen molar-refractivity contribution in [1.29, 1.82) is 0 Å². The van der Waals surface area contributed by atoms with Gasteiger partial charge in [-0.3, -0.25) is 9.69 Å². The van der Waals surface area contributed by atoms with Crippen LogP contribution in [-0.4, -0.2) is 18.1 Å². The number of hydrogen-bond donors (Lipinski definition) is 0. The molecule has 2 rings (SSSR count). The van der Waals surface area contributed by atoms with Crippen LogP contribution in [0.2, 0.25) is 0 Å². The van der Waals surface area contributed by atoms with Crippen LogP contribution < -0.4 is 4.90 Å². The van der Waals surface area contributed by atoms with Gasteiger partial charge in [0.2, 0.25) is 0 Å². The van der Waals surface area contributed by atoms with E-state index < -0.39 is 18.1 Å². The third-order valence-electron chi connectivity index (χ3n) is 3.42. The summed E-state index contributed by atoms with van der Waals surface area (Å²) in [6.07, 6.45) is -2.69. The number of halogens is 3. The third-order valence-corrected chi connectivity index (χ3v) is 3.42. The molecule has 0 N–H and O–H groups in total. The molecule has 0 aromatic heterocycles.